The number of methoxy groups -OCH3 is 2. The second kappa shape index (κ2) is 6.12. The lowest BCUT2D eigenvalue weighted by molar-refractivity contribution is 0.184. The van der Waals surface area contributed by atoms with Crippen LogP contribution in [-0.2, 0) is 4.74 Å². The van der Waals surface area contributed by atoms with Gasteiger partial charge in [0, 0.05) is 7.11 Å². The number of nitrogens with two attached hydrogens (primary N) is 1. The number of nitrogens with zero attached hydrogens (tertiary/aromatic N) is 2. The van der Waals surface area contributed by atoms with Crippen LogP contribution in [0.1, 0.15) is 13.3 Å². The lowest BCUT2D eigenvalue weighted by Gasteiger charge is -2.17. The quantitative estimate of drug-likeness (QED) is 0.750. The zero-order valence-corrected chi connectivity index (χ0v) is 9.86. The second-order valence-corrected chi connectivity index (χ2v) is 3.35. The average Bonchev–Trinajstić information content (AvgIpc) is 2.31. The molecule has 6 heteroatoms. The highest BCUT2D eigenvalue weighted by Gasteiger charge is 2.12. The molecule has 1 rings (SSSR count). The molecule has 0 spiro atoms. The van der Waals surface area contributed by atoms with Gasteiger partial charge in [0.1, 0.15) is 12.0 Å². The number of nitrogen functional groups attached to an aromatic ring is 1. The van der Waals surface area contributed by atoms with Crippen LogP contribution in [0.5, 0.6) is 5.88 Å². The molecule has 1 atom stereocenters. The molecule has 0 saturated heterocycles. The summed E-state index contributed by atoms with van der Waals surface area (Å²) in [6, 6.07) is 0.173. The Balaban J connectivity index is 2.79. The van der Waals surface area contributed by atoms with E-state index in [0.29, 0.717) is 24.0 Å². The number of aromatic nitrogens is 2. The van der Waals surface area contributed by atoms with E-state index in [1.54, 1.807) is 7.11 Å². The zero-order valence-electron chi connectivity index (χ0n) is 9.86. The first-order valence-electron chi connectivity index (χ1n) is 5.12. The Morgan fingerprint density at radius 3 is 2.75 bits per heavy atom. The maximum atomic E-state index is 5.84. The van der Waals surface area contributed by atoms with Crippen LogP contribution >= 0.6 is 0 Å². The highest BCUT2D eigenvalue weighted by molar-refractivity contribution is 5.66. The lowest BCUT2D eigenvalue weighted by atomic mass is 10.2. The Bertz CT molecular complexity index is 333. The van der Waals surface area contributed by atoms with Crippen molar-refractivity contribution in [1.29, 1.82) is 0 Å². The lowest BCUT2D eigenvalue weighted by Crippen LogP contribution is -2.25. The first-order chi connectivity index (χ1) is 7.72. The molecule has 0 aliphatic heterocycles. The number of hydrogen-bond donors (Lipinski definition) is 2. The van der Waals surface area contributed by atoms with E-state index < -0.39 is 0 Å². The van der Waals surface area contributed by atoms with Gasteiger partial charge in [-0.3, -0.25) is 0 Å². The summed E-state index contributed by atoms with van der Waals surface area (Å²) >= 11 is 0. The molecule has 0 radical (unpaired) electrons. The van der Waals surface area contributed by atoms with Gasteiger partial charge in [0.15, 0.2) is 5.82 Å². The molecule has 0 aliphatic rings. The van der Waals surface area contributed by atoms with Crippen LogP contribution < -0.4 is 15.8 Å². The van der Waals surface area contributed by atoms with Crippen LogP contribution in [0.25, 0.3) is 0 Å². The minimum absolute atomic E-state index is 0.173. The summed E-state index contributed by atoms with van der Waals surface area (Å²) in [6.45, 7) is 2.66. The Kier molecular flexibility index (Phi) is 4.78. The van der Waals surface area contributed by atoms with Crippen LogP contribution in [0, 0.1) is 0 Å². The van der Waals surface area contributed by atoms with Gasteiger partial charge in [0.05, 0.1) is 19.8 Å². The van der Waals surface area contributed by atoms with Crippen molar-refractivity contribution in [3.8, 4) is 5.88 Å². The highest BCUT2D eigenvalue weighted by atomic mass is 16.5. The first-order valence-corrected chi connectivity index (χ1v) is 5.12. The van der Waals surface area contributed by atoms with Crippen molar-refractivity contribution in [1.82, 2.24) is 9.97 Å². The summed E-state index contributed by atoms with van der Waals surface area (Å²) in [6.07, 6.45) is 2.33. The molecule has 0 saturated carbocycles. The van der Waals surface area contributed by atoms with Crippen molar-refractivity contribution in [3.63, 3.8) is 0 Å². The highest BCUT2D eigenvalue weighted by Crippen LogP contribution is 2.24. The van der Waals surface area contributed by atoms with E-state index in [1.165, 1.54) is 13.4 Å². The maximum absolute atomic E-state index is 5.84. The summed E-state index contributed by atoms with van der Waals surface area (Å²) in [5.74, 6) is 0.959. The van der Waals surface area contributed by atoms with Crippen molar-refractivity contribution in [2.24, 2.45) is 0 Å². The van der Waals surface area contributed by atoms with E-state index in [4.69, 9.17) is 15.2 Å². The van der Waals surface area contributed by atoms with Gasteiger partial charge in [-0.15, -0.1) is 0 Å². The minimum Gasteiger partial charge on any atom is -0.479 e. The van der Waals surface area contributed by atoms with Gasteiger partial charge < -0.3 is 20.5 Å². The normalized spacial score (nSPS) is 12.2. The van der Waals surface area contributed by atoms with Gasteiger partial charge in [-0.1, -0.05) is 6.92 Å². The molecule has 0 aliphatic carbocycles. The molecule has 3 N–H and O–H groups in total. The van der Waals surface area contributed by atoms with Gasteiger partial charge in [-0.05, 0) is 6.42 Å². The van der Waals surface area contributed by atoms with Crippen LogP contribution in [-0.4, -0.2) is 36.8 Å². The van der Waals surface area contributed by atoms with Gasteiger partial charge in [0.25, 0.3) is 0 Å². The predicted molar refractivity (Wildman–Crippen MR) is 62.6 cm³/mol. The summed E-state index contributed by atoms with van der Waals surface area (Å²) in [4.78, 5) is 7.98. The van der Waals surface area contributed by atoms with Gasteiger partial charge >= 0.3 is 0 Å². The van der Waals surface area contributed by atoms with Crippen molar-refractivity contribution in [2.75, 3.05) is 31.9 Å². The van der Waals surface area contributed by atoms with E-state index in [1.807, 2.05) is 0 Å². The molecule has 1 unspecified atom stereocenters. The van der Waals surface area contributed by atoms with Crippen molar-refractivity contribution < 1.29 is 9.47 Å². The molecule has 90 valence electrons. The standard InChI is InChI=1S/C10H18N4O2/c1-4-7(5-15-2)14-9-8(11)10(16-3)13-6-12-9/h6-7H,4-5,11H2,1-3H3,(H,12,13,14). The Morgan fingerprint density at radius 1 is 1.44 bits per heavy atom. The number of nitrogens with one attached hydrogen (secondary N) is 1. The third kappa shape index (κ3) is 2.96. The SMILES string of the molecule is CCC(COC)Nc1ncnc(OC)c1N. The topological polar surface area (TPSA) is 82.3 Å². The number of hydrogen-bond acceptors (Lipinski definition) is 6. The molecule has 0 amide bonds. The molecule has 0 fully saturated rings. The fourth-order valence-electron chi connectivity index (χ4n) is 1.31. The van der Waals surface area contributed by atoms with Crippen molar-refractivity contribution in [3.05, 3.63) is 6.33 Å². The summed E-state index contributed by atoms with van der Waals surface area (Å²) in [5.41, 5.74) is 6.26. The van der Waals surface area contributed by atoms with E-state index in [0.717, 1.165) is 6.42 Å². The fourth-order valence-corrected chi connectivity index (χ4v) is 1.31. The van der Waals surface area contributed by atoms with E-state index in [2.05, 4.69) is 22.2 Å². The number of ether oxygens (including phenoxy) is 2. The van der Waals surface area contributed by atoms with E-state index in [-0.39, 0.29) is 6.04 Å². The van der Waals surface area contributed by atoms with Crippen molar-refractivity contribution >= 4 is 11.5 Å². The smallest absolute Gasteiger partial charge is 0.242 e. The predicted octanol–water partition coefficient (Wildman–Crippen LogP) is 0.904. The molecule has 0 bridgehead atoms. The van der Waals surface area contributed by atoms with Gasteiger partial charge in [-0.2, -0.15) is 4.98 Å². The van der Waals surface area contributed by atoms with Crippen LogP contribution in [0.3, 0.4) is 0 Å². The maximum Gasteiger partial charge on any atom is 0.242 e. The second-order valence-electron chi connectivity index (χ2n) is 3.35. The van der Waals surface area contributed by atoms with Crippen LogP contribution in [0.2, 0.25) is 0 Å². The zero-order chi connectivity index (χ0) is 12.0. The fraction of sp³-hybridized carbons (Fsp3) is 0.600. The summed E-state index contributed by atoms with van der Waals surface area (Å²) in [5, 5.41) is 3.19. The van der Waals surface area contributed by atoms with E-state index in [9.17, 15) is 0 Å². The Hall–Kier alpha value is -1.56. The summed E-state index contributed by atoms with van der Waals surface area (Å²) in [7, 11) is 3.18. The third-order valence-electron chi connectivity index (χ3n) is 2.24. The first kappa shape index (κ1) is 12.5. The average molecular weight is 226 g/mol. The number of anilines is 2. The van der Waals surface area contributed by atoms with Crippen LogP contribution in [0.4, 0.5) is 11.5 Å². The number of rotatable bonds is 6. The van der Waals surface area contributed by atoms with Crippen molar-refractivity contribution in [2.45, 2.75) is 19.4 Å². The monoisotopic (exact) mass is 226 g/mol. The molecule has 1 heterocycles. The molecule has 6 nitrogen and oxygen atoms in total. The Labute approximate surface area is 95.2 Å². The molecule has 16 heavy (non-hydrogen) atoms. The summed E-state index contributed by atoms with van der Waals surface area (Å²) < 4.78 is 10.1. The molecule has 0 aromatic carbocycles. The molecule has 1 aromatic rings. The molecular weight excluding hydrogens is 208 g/mol. The minimum atomic E-state index is 0.173. The van der Waals surface area contributed by atoms with Crippen LogP contribution in [0.15, 0.2) is 6.33 Å². The Morgan fingerprint density at radius 2 is 2.19 bits per heavy atom. The van der Waals surface area contributed by atoms with Gasteiger partial charge in [-0.25, -0.2) is 4.98 Å². The largest absolute Gasteiger partial charge is 0.479 e. The van der Waals surface area contributed by atoms with E-state index >= 15 is 0 Å². The molecule has 1 aromatic heterocycles. The third-order valence-corrected chi connectivity index (χ3v) is 2.24. The molecular formula is C10H18N4O2. The van der Waals surface area contributed by atoms with Gasteiger partial charge in [0.2, 0.25) is 5.88 Å².